The van der Waals surface area contributed by atoms with E-state index >= 15 is 0 Å². The summed E-state index contributed by atoms with van der Waals surface area (Å²) >= 11 is 1.67. The molecule has 0 aliphatic carbocycles. The summed E-state index contributed by atoms with van der Waals surface area (Å²) in [5.74, 6) is 0.562. The van der Waals surface area contributed by atoms with Crippen molar-refractivity contribution in [1.82, 2.24) is 10.2 Å². The van der Waals surface area contributed by atoms with Gasteiger partial charge in [-0.1, -0.05) is 84.8 Å². The van der Waals surface area contributed by atoms with E-state index in [0.717, 1.165) is 22.4 Å². The van der Waals surface area contributed by atoms with E-state index in [4.69, 9.17) is 0 Å². The van der Waals surface area contributed by atoms with E-state index in [0.29, 0.717) is 25.1 Å². The van der Waals surface area contributed by atoms with Gasteiger partial charge in [-0.05, 0) is 50.5 Å². The average Bonchev–Trinajstić information content (AvgIpc) is 2.88. The molecule has 0 aliphatic heterocycles. The van der Waals surface area contributed by atoms with E-state index < -0.39 is 6.04 Å². The molecule has 1 N–H and O–H groups in total. The number of amides is 2. The van der Waals surface area contributed by atoms with Crippen LogP contribution in [0.25, 0.3) is 0 Å². The molecule has 0 aliphatic rings. The molecule has 0 aromatic heterocycles. The van der Waals surface area contributed by atoms with Crippen LogP contribution in [0.3, 0.4) is 0 Å². The molecule has 3 rings (SSSR count). The molecule has 2 atom stereocenters. The lowest BCUT2D eigenvalue weighted by Crippen LogP contribution is -2.52. The molecule has 3 aromatic rings. The highest BCUT2D eigenvalue weighted by Crippen LogP contribution is 2.21. The molecule has 0 saturated carbocycles. The maximum atomic E-state index is 13.7. The molecular weight excluding hydrogens is 464 g/mol. The Balaban J connectivity index is 1.84. The maximum absolute atomic E-state index is 13.7. The van der Waals surface area contributed by atoms with Crippen LogP contribution in [0.5, 0.6) is 0 Å². The molecule has 2 amide bonds. The van der Waals surface area contributed by atoms with Crippen LogP contribution in [0, 0.1) is 13.8 Å². The minimum atomic E-state index is -0.584. The lowest BCUT2D eigenvalue weighted by molar-refractivity contribution is -0.141. The molecule has 0 heterocycles. The number of hydrogen-bond acceptors (Lipinski definition) is 3. The molecule has 190 valence electrons. The third kappa shape index (κ3) is 8.56. The monoisotopic (exact) mass is 502 g/mol. The fourth-order valence-electron chi connectivity index (χ4n) is 3.92. The first kappa shape index (κ1) is 27.5. The molecular formula is C31H38N2O2S. The molecule has 0 spiro atoms. The zero-order valence-corrected chi connectivity index (χ0v) is 22.7. The number of hydrogen-bond donors (Lipinski definition) is 1. The summed E-state index contributed by atoms with van der Waals surface area (Å²) in [6, 6.07) is 26.0. The molecule has 3 aromatic carbocycles. The highest BCUT2D eigenvalue weighted by molar-refractivity contribution is 7.99. The zero-order chi connectivity index (χ0) is 25.9. The Hall–Kier alpha value is -3.05. The SMILES string of the molecule is CC[C@H](C)NC(=O)[C@H](Cc1ccccc1)N(Cc1ccc(C)cc1)C(=O)CCSc1ccc(C)cc1. The number of aryl methyl sites for hydroxylation is 2. The van der Waals surface area contributed by atoms with Gasteiger partial charge in [-0.15, -0.1) is 11.8 Å². The fourth-order valence-corrected chi connectivity index (χ4v) is 4.76. The van der Waals surface area contributed by atoms with E-state index in [1.54, 1.807) is 16.7 Å². The van der Waals surface area contributed by atoms with Crippen LogP contribution in [0.1, 0.15) is 48.9 Å². The Morgan fingerprint density at radius 3 is 2.08 bits per heavy atom. The van der Waals surface area contributed by atoms with Gasteiger partial charge in [-0.2, -0.15) is 0 Å². The molecule has 5 heteroatoms. The Bertz CT molecular complexity index is 1100. The summed E-state index contributed by atoms with van der Waals surface area (Å²) in [5, 5.41) is 3.13. The third-order valence-electron chi connectivity index (χ3n) is 6.35. The summed E-state index contributed by atoms with van der Waals surface area (Å²) in [5.41, 5.74) is 4.45. The maximum Gasteiger partial charge on any atom is 0.243 e. The van der Waals surface area contributed by atoms with Gasteiger partial charge in [-0.3, -0.25) is 9.59 Å². The third-order valence-corrected chi connectivity index (χ3v) is 7.37. The first-order valence-corrected chi connectivity index (χ1v) is 13.7. The van der Waals surface area contributed by atoms with Crippen molar-refractivity contribution in [2.24, 2.45) is 0 Å². The summed E-state index contributed by atoms with van der Waals surface area (Å²) < 4.78 is 0. The van der Waals surface area contributed by atoms with Crippen molar-refractivity contribution in [3.05, 3.63) is 101 Å². The quantitative estimate of drug-likeness (QED) is 0.294. The lowest BCUT2D eigenvalue weighted by atomic mass is 10.0. The minimum absolute atomic E-state index is 0.00424. The van der Waals surface area contributed by atoms with Gasteiger partial charge in [0.2, 0.25) is 11.8 Å². The van der Waals surface area contributed by atoms with Crippen LogP contribution in [0.15, 0.2) is 83.8 Å². The Morgan fingerprint density at radius 2 is 1.47 bits per heavy atom. The van der Waals surface area contributed by atoms with Gasteiger partial charge < -0.3 is 10.2 Å². The second-order valence-corrected chi connectivity index (χ2v) is 10.6. The predicted octanol–water partition coefficient (Wildman–Crippen LogP) is 6.34. The van der Waals surface area contributed by atoms with Crippen LogP contribution >= 0.6 is 11.8 Å². The second kappa shape index (κ2) is 13.9. The predicted molar refractivity (Wildman–Crippen MR) is 150 cm³/mol. The van der Waals surface area contributed by atoms with Crippen molar-refractivity contribution in [3.8, 4) is 0 Å². The second-order valence-electron chi connectivity index (χ2n) is 9.44. The number of carbonyl (C=O) groups is 2. The van der Waals surface area contributed by atoms with Gasteiger partial charge >= 0.3 is 0 Å². The average molecular weight is 503 g/mol. The Morgan fingerprint density at radius 1 is 0.861 bits per heavy atom. The van der Waals surface area contributed by atoms with E-state index in [9.17, 15) is 9.59 Å². The fraction of sp³-hybridized carbons (Fsp3) is 0.355. The highest BCUT2D eigenvalue weighted by atomic mass is 32.2. The smallest absolute Gasteiger partial charge is 0.243 e. The number of thioether (sulfide) groups is 1. The standard InChI is InChI=1S/C31H38N2O2S/c1-5-25(4)32-31(35)29(21-26-9-7-6-8-10-26)33(22-27-15-11-23(2)12-16-27)30(34)19-20-36-28-17-13-24(3)14-18-28/h6-18,25,29H,5,19-22H2,1-4H3,(H,32,35)/t25-,29-/m0/s1. The number of benzene rings is 3. The van der Waals surface area contributed by atoms with Gasteiger partial charge in [0.1, 0.15) is 6.04 Å². The van der Waals surface area contributed by atoms with Gasteiger partial charge in [0.25, 0.3) is 0 Å². The summed E-state index contributed by atoms with van der Waals surface area (Å²) in [6.45, 7) is 8.57. The van der Waals surface area contributed by atoms with Crippen LogP contribution in [0.2, 0.25) is 0 Å². The van der Waals surface area contributed by atoms with Crippen molar-refractivity contribution < 1.29 is 9.59 Å². The summed E-state index contributed by atoms with van der Waals surface area (Å²) in [7, 11) is 0. The zero-order valence-electron chi connectivity index (χ0n) is 21.9. The number of nitrogens with one attached hydrogen (secondary N) is 1. The minimum Gasteiger partial charge on any atom is -0.352 e. The Kier molecular flexibility index (Phi) is 10.6. The summed E-state index contributed by atoms with van der Waals surface area (Å²) in [6.07, 6.45) is 1.68. The van der Waals surface area contributed by atoms with Crippen molar-refractivity contribution in [1.29, 1.82) is 0 Å². The first-order valence-electron chi connectivity index (χ1n) is 12.7. The number of nitrogens with zero attached hydrogens (tertiary/aromatic N) is 1. The normalized spacial score (nSPS) is 12.6. The number of carbonyl (C=O) groups excluding carboxylic acids is 2. The van der Waals surface area contributed by atoms with Crippen LogP contribution < -0.4 is 5.32 Å². The van der Waals surface area contributed by atoms with Crippen LogP contribution in [0.4, 0.5) is 0 Å². The van der Waals surface area contributed by atoms with E-state index in [2.05, 4.69) is 55.6 Å². The van der Waals surface area contributed by atoms with Crippen LogP contribution in [-0.2, 0) is 22.6 Å². The molecule has 36 heavy (non-hydrogen) atoms. The van der Waals surface area contributed by atoms with Gasteiger partial charge in [0.05, 0.1) is 0 Å². The van der Waals surface area contributed by atoms with Crippen molar-refractivity contribution >= 4 is 23.6 Å². The van der Waals surface area contributed by atoms with Crippen molar-refractivity contribution in [3.63, 3.8) is 0 Å². The van der Waals surface area contributed by atoms with Gasteiger partial charge in [0, 0.05) is 36.1 Å². The summed E-state index contributed by atoms with van der Waals surface area (Å²) in [4.78, 5) is 30.1. The number of rotatable bonds is 12. The molecule has 0 unspecified atom stereocenters. The largest absolute Gasteiger partial charge is 0.352 e. The van der Waals surface area contributed by atoms with Gasteiger partial charge in [0.15, 0.2) is 0 Å². The van der Waals surface area contributed by atoms with E-state index in [-0.39, 0.29) is 17.9 Å². The topological polar surface area (TPSA) is 49.4 Å². The van der Waals surface area contributed by atoms with Gasteiger partial charge in [-0.25, -0.2) is 0 Å². The van der Waals surface area contributed by atoms with E-state index in [1.165, 1.54) is 11.1 Å². The van der Waals surface area contributed by atoms with Crippen molar-refractivity contribution in [2.75, 3.05) is 5.75 Å². The lowest BCUT2D eigenvalue weighted by Gasteiger charge is -2.32. The molecule has 4 nitrogen and oxygen atoms in total. The Labute approximate surface area is 220 Å². The molecule has 0 saturated heterocycles. The molecule has 0 radical (unpaired) electrons. The first-order chi connectivity index (χ1) is 17.4. The van der Waals surface area contributed by atoms with Crippen LogP contribution in [-0.4, -0.2) is 34.6 Å². The van der Waals surface area contributed by atoms with Crippen molar-refractivity contribution in [2.45, 2.75) is 70.5 Å². The molecule has 0 bridgehead atoms. The highest BCUT2D eigenvalue weighted by Gasteiger charge is 2.30. The van der Waals surface area contributed by atoms with E-state index in [1.807, 2.05) is 56.3 Å². The molecule has 0 fully saturated rings.